The second kappa shape index (κ2) is 9.27. The maximum atomic E-state index is 4.86. The topological polar surface area (TPSA) is 45.2 Å². The van der Waals surface area contributed by atoms with Crippen LogP contribution >= 0.6 is 0 Å². The number of aromatic nitrogens is 3. The molecule has 0 fully saturated rings. The van der Waals surface area contributed by atoms with Crippen LogP contribution in [0.15, 0.2) is 24.5 Å². The third kappa shape index (κ3) is 4.83. The molecule has 3 rings (SSSR count). The van der Waals surface area contributed by atoms with E-state index in [0.717, 1.165) is 25.3 Å². The molecule has 0 saturated heterocycles. The largest absolute Gasteiger partial charge is 0.347 e. The zero-order valence-electron chi connectivity index (χ0n) is 17.3. The summed E-state index contributed by atoms with van der Waals surface area (Å²) in [5.41, 5.74) is 5.11. The summed E-state index contributed by atoms with van der Waals surface area (Å²) in [6.07, 6.45) is 12.2. The predicted octanol–water partition coefficient (Wildman–Crippen LogP) is 4.18. The Morgan fingerprint density at radius 2 is 2.00 bits per heavy atom. The van der Waals surface area contributed by atoms with E-state index >= 15 is 0 Å². The van der Waals surface area contributed by atoms with Gasteiger partial charge < -0.3 is 4.90 Å². The van der Waals surface area contributed by atoms with Gasteiger partial charge in [-0.2, -0.15) is 0 Å². The molecule has 0 spiro atoms. The summed E-state index contributed by atoms with van der Waals surface area (Å²) in [5.74, 6) is 0.803. The molecular weight excluding hydrogens is 334 g/mol. The average Bonchev–Trinajstić information content (AvgIpc) is 2.68. The molecule has 0 aliphatic heterocycles. The number of hydrogen-bond donors (Lipinski definition) is 0. The summed E-state index contributed by atoms with van der Waals surface area (Å²) in [4.78, 5) is 18.6. The number of rotatable bonds is 8. The zero-order valence-corrected chi connectivity index (χ0v) is 17.3. The van der Waals surface area contributed by atoms with Crippen molar-refractivity contribution >= 4 is 5.95 Å². The molecule has 1 unspecified atom stereocenters. The van der Waals surface area contributed by atoms with Crippen LogP contribution in [0.1, 0.15) is 67.6 Å². The lowest BCUT2D eigenvalue weighted by Crippen LogP contribution is -2.29. The average molecular weight is 368 g/mol. The normalized spacial score (nSPS) is 16.4. The minimum atomic E-state index is 0.381. The Hall–Kier alpha value is -2.01. The molecule has 2 aromatic heterocycles. The number of pyridine rings is 1. The van der Waals surface area contributed by atoms with Crippen molar-refractivity contribution in [3.05, 3.63) is 47.0 Å². The molecule has 27 heavy (non-hydrogen) atoms. The lowest BCUT2D eigenvalue weighted by atomic mass is 9.91. The van der Waals surface area contributed by atoms with Gasteiger partial charge in [-0.05, 0) is 50.8 Å². The van der Waals surface area contributed by atoms with Crippen LogP contribution in [0.4, 0.5) is 5.95 Å². The fraction of sp³-hybridized carbons (Fsp3) is 0.591. The first-order valence-corrected chi connectivity index (χ1v) is 10.3. The number of unbranched alkanes of at least 4 members (excludes halogenated alkanes) is 2. The molecule has 1 atom stereocenters. The number of hydrogen-bond acceptors (Lipinski definition) is 5. The maximum Gasteiger partial charge on any atom is 0.225 e. The van der Waals surface area contributed by atoms with Crippen molar-refractivity contribution in [2.75, 3.05) is 26.0 Å². The molecule has 146 valence electrons. The molecule has 0 N–H and O–H groups in total. The van der Waals surface area contributed by atoms with Gasteiger partial charge in [0.2, 0.25) is 5.95 Å². The highest BCUT2D eigenvalue weighted by Crippen LogP contribution is 2.33. The van der Waals surface area contributed by atoms with Gasteiger partial charge in [0.15, 0.2) is 0 Å². The summed E-state index contributed by atoms with van der Waals surface area (Å²) in [6.45, 7) is 3.11. The molecular formula is C22H33N5. The fourth-order valence-corrected chi connectivity index (χ4v) is 3.93. The highest BCUT2D eigenvalue weighted by atomic mass is 15.2. The van der Waals surface area contributed by atoms with Gasteiger partial charge in [-0.3, -0.25) is 9.88 Å². The number of fused-ring (bicyclic) bond motifs is 1. The van der Waals surface area contributed by atoms with Crippen LogP contribution in [0.25, 0.3) is 0 Å². The van der Waals surface area contributed by atoms with Crippen molar-refractivity contribution < 1.29 is 0 Å². The van der Waals surface area contributed by atoms with E-state index in [9.17, 15) is 0 Å². The van der Waals surface area contributed by atoms with Gasteiger partial charge in [0.1, 0.15) is 0 Å². The molecule has 0 bridgehead atoms. The molecule has 1 aliphatic carbocycles. The molecule has 5 nitrogen and oxygen atoms in total. The van der Waals surface area contributed by atoms with Crippen molar-refractivity contribution in [3.8, 4) is 0 Å². The van der Waals surface area contributed by atoms with Crippen molar-refractivity contribution in [2.24, 2.45) is 0 Å². The van der Waals surface area contributed by atoms with Crippen LogP contribution in [0.2, 0.25) is 0 Å². The molecule has 0 radical (unpaired) electrons. The molecule has 2 aromatic rings. The van der Waals surface area contributed by atoms with Gasteiger partial charge >= 0.3 is 0 Å². The first kappa shape index (κ1) is 19.7. The van der Waals surface area contributed by atoms with E-state index in [4.69, 9.17) is 9.97 Å². The predicted molar refractivity (Wildman–Crippen MR) is 111 cm³/mol. The minimum absolute atomic E-state index is 0.381. The van der Waals surface area contributed by atoms with Crippen molar-refractivity contribution in [1.29, 1.82) is 0 Å². The van der Waals surface area contributed by atoms with Crippen LogP contribution < -0.4 is 4.90 Å². The van der Waals surface area contributed by atoms with E-state index in [0.29, 0.717) is 6.04 Å². The first-order chi connectivity index (χ1) is 13.1. The maximum absolute atomic E-state index is 4.86. The molecule has 1 aliphatic rings. The molecule has 5 heteroatoms. The second-order valence-corrected chi connectivity index (χ2v) is 7.86. The van der Waals surface area contributed by atoms with Crippen LogP contribution in [0.5, 0.6) is 0 Å². The first-order valence-electron chi connectivity index (χ1n) is 10.3. The Morgan fingerprint density at radius 3 is 2.78 bits per heavy atom. The van der Waals surface area contributed by atoms with Crippen LogP contribution in [0, 0.1) is 0 Å². The van der Waals surface area contributed by atoms with Crippen LogP contribution in [-0.2, 0) is 19.4 Å². The highest BCUT2D eigenvalue weighted by molar-refractivity contribution is 5.32. The van der Waals surface area contributed by atoms with Crippen LogP contribution in [-0.4, -0.2) is 41.0 Å². The summed E-state index contributed by atoms with van der Waals surface area (Å²) in [5, 5.41) is 0. The lowest BCUT2D eigenvalue weighted by Gasteiger charge is -2.32. The van der Waals surface area contributed by atoms with E-state index in [1.54, 1.807) is 0 Å². The molecule has 0 aromatic carbocycles. The van der Waals surface area contributed by atoms with Crippen molar-refractivity contribution in [2.45, 2.75) is 64.5 Å². The summed E-state index contributed by atoms with van der Waals surface area (Å²) in [6, 6.07) is 4.67. The quantitative estimate of drug-likeness (QED) is 0.655. The standard InChI is InChI=1S/C22H33N5/c1-5-6-7-12-19-18(15-24-22(25-19)26(2)3)16-27(4)20-13-8-10-17-11-9-14-23-21(17)20/h9,11,14-15,20H,5-8,10,12-13,16H2,1-4H3. The fourth-order valence-electron chi connectivity index (χ4n) is 3.93. The van der Waals surface area contributed by atoms with E-state index in [1.165, 1.54) is 54.6 Å². The van der Waals surface area contributed by atoms with E-state index in [2.05, 4.69) is 36.0 Å². The Kier molecular flexibility index (Phi) is 6.78. The van der Waals surface area contributed by atoms with E-state index in [-0.39, 0.29) is 0 Å². The SMILES string of the molecule is CCCCCc1nc(N(C)C)ncc1CN(C)C1CCCc2cccnc21. The van der Waals surface area contributed by atoms with Crippen molar-refractivity contribution in [3.63, 3.8) is 0 Å². The molecule has 0 saturated carbocycles. The summed E-state index contributed by atoms with van der Waals surface area (Å²) >= 11 is 0. The van der Waals surface area contributed by atoms with Gasteiger partial charge in [-0.1, -0.05) is 25.8 Å². The monoisotopic (exact) mass is 367 g/mol. The molecule has 2 heterocycles. The van der Waals surface area contributed by atoms with Gasteiger partial charge in [-0.25, -0.2) is 9.97 Å². The Morgan fingerprint density at radius 1 is 1.15 bits per heavy atom. The number of aryl methyl sites for hydroxylation is 2. The minimum Gasteiger partial charge on any atom is -0.347 e. The lowest BCUT2D eigenvalue weighted by molar-refractivity contribution is 0.207. The van der Waals surface area contributed by atoms with Crippen molar-refractivity contribution in [1.82, 2.24) is 19.9 Å². The van der Waals surface area contributed by atoms with Gasteiger partial charge in [0, 0.05) is 38.6 Å². The third-order valence-corrected chi connectivity index (χ3v) is 5.48. The Bertz CT molecular complexity index is 743. The summed E-state index contributed by atoms with van der Waals surface area (Å²) in [7, 11) is 6.22. The molecule has 0 amide bonds. The Labute approximate surface area is 163 Å². The number of anilines is 1. The smallest absolute Gasteiger partial charge is 0.225 e. The van der Waals surface area contributed by atoms with E-state index < -0.39 is 0 Å². The highest BCUT2D eigenvalue weighted by Gasteiger charge is 2.25. The van der Waals surface area contributed by atoms with Gasteiger partial charge in [0.05, 0.1) is 17.4 Å². The summed E-state index contributed by atoms with van der Waals surface area (Å²) < 4.78 is 0. The van der Waals surface area contributed by atoms with Gasteiger partial charge in [0.25, 0.3) is 0 Å². The zero-order chi connectivity index (χ0) is 19.2. The van der Waals surface area contributed by atoms with E-state index in [1.807, 2.05) is 31.4 Å². The Balaban J connectivity index is 1.80. The third-order valence-electron chi connectivity index (χ3n) is 5.48. The van der Waals surface area contributed by atoms with Crippen LogP contribution in [0.3, 0.4) is 0 Å². The van der Waals surface area contributed by atoms with Gasteiger partial charge in [-0.15, -0.1) is 0 Å². The number of nitrogens with zero attached hydrogens (tertiary/aromatic N) is 5. The second-order valence-electron chi connectivity index (χ2n) is 7.86.